The smallest absolute Gasteiger partial charge is 0.262 e. The van der Waals surface area contributed by atoms with Crippen LogP contribution in [0, 0.1) is 13.8 Å². The third-order valence-electron chi connectivity index (χ3n) is 2.08. The van der Waals surface area contributed by atoms with E-state index < -0.39 is 15.6 Å². The molecule has 0 unspecified atom stereocenters. The molecule has 0 saturated carbocycles. The molecule has 0 radical (unpaired) electrons. The van der Waals surface area contributed by atoms with Crippen LogP contribution in [0.4, 0.5) is 0 Å². The van der Waals surface area contributed by atoms with E-state index in [-0.39, 0.29) is 4.90 Å². The predicted octanol–water partition coefficient (Wildman–Crippen LogP) is 2.31. The Kier molecular flexibility index (Phi) is 3.96. The molecule has 96 valence electrons. The standard InChI is InChI=1S/C12H19NO3S/c1-9-6-7-11(10(2)8-9)17(14,15)13-16-12(3,4)5/h6-8,13H,1-5H3. The second-order valence-corrected chi connectivity index (χ2v) is 6.68. The average molecular weight is 257 g/mol. The van der Waals surface area contributed by atoms with Crippen molar-refractivity contribution in [1.29, 1.82) is 0 Å². The lowest BCUT2D eigenvalue weighted by Crippen LogP contribution is -2.33. The summed E-state index contributed by atoms with van der Waals surface area (Å²) in [6.07, 6.45) is 0. The quantitative estimate of drug-likeness (QED) is 0.845. The van der Waals surface area contributed by atoms with Gasteiger partial charge in [0.2, 0.25) is 0 Å². The van der Waals surface area contributed by atoms with Gasteiger partial charge >= 0.3 is 0 Å². The molecule has 0 aliphatic carbocycles. The summed E-state index contributed by atoms with van der Waals surface area (Å²) in [6.45, 7) is 9.01. The molecule has 1 rings (SSSR count). The molecule has 0 atom stereocenters. The maximum Gasteiger partial charge on any atom is 0.262 e. The molecule has 0 heterocycles. The van der Waals surface area contributed by atoms with Crippen molar-refractivity contribution in [3.05, 3.63) is 29.3 Å². The molecule has 0 saturated heterocycles. The fourth-order valence-corrected chi connectivity index (χ4v) is 2.51. The van der Waals surface area contributed by atoms with E-state index in [2.05, 4.69) is 4.89 Å². The van der Waals surface area contributed by atoms with Crippen LogP contribution in [0.2, 0.25) is 0 Å². The highest BCUT2D eigenvalue weighted by atomic mass is 32.2. The van der Waals surface area contributed by atoms with Gasteiger partial charge in [-0.2, -0.15) is 0 Å². The fraction of sp³-hybridized carbons (Fsp3) is 0.500. The van der Waals surface area contributed by atoms with Crippen LogP contribution in [0.25, 0.3) is 0 Å². The lowest BCUT2D eigenvalue weighted by molar-refractivity contribution is -0.0357. The van der Waals surface area contributed by atoms with Crippen molar-refractivity contribution in [3.63, 3.8) is 0 Å². The first-order valence-corrected chi connectivity index (χ1v) is 6.87. The molecule has 17 heavy (non-hydrogen) atoms. The van der Waals surface area contributed by atoms with Gasteiger partial charge in [-0.3, -0.25) is 4.84 Å². The molecule has 0 fully saturated rings. The maximum atomic E-state index is 12.0. The van der Waals surface area contributed by atoms with Gasteiger partial charge in [-0.1, -0.05) is 22.6 Å². The van der Waals surface area contributed by atoms with E-state index in [4.69, 9.17) is 4.84 Å². The highest BCUT2D eigenvalue weighted by Gasteiger charge is 2.20. The van der Waals surface area contributed by atoms with Gasteiger partial charge in [0, 0.05) is 0 Å². The van der Waals surface area contributed by atoms with Gasteiger partial charge in [0.05, 0.1) is 10.5 Å². The summed E-state index contributed by atoms with van der Waals surface area (Å²) < 4.78 is 23.9. The molecule has 0 amide bonds. The van der Waals surface area contributed by atoms with Crippen molar-refractivity contribution in [2.45, 2.75) is 45.1 Å². The first-order valence-electron chi connectivity index (χ1n) is 5.39. The molecule has 0 aliphatic rings. The normalized spacial score (nSPS) is 12.8. The maximum absolute atomic E-state index is 12.0. The third kappa shape index (κ3) is 4.11. The van der Waals surface area contributed by atoms with Crippen molar-refractivity contribution < 1.29 is 13.3 Å². The molecule has 5 heteroatoms. The predicted molar refractivity (Wildman–Crippen MR) is 67.1 cm³/mol. The van der Waals surface area contributed by atoms with E-state index in [0.29, 0.717) is 5.56 Å². The van der Waals surface area contributed by atoms with E-state index in [1.807, 2.05) is 13.0 Å². The number of benzene rings is 1. The zero-order chi connectivity index (χ0) is 13.3. The summed E-state index contributed by atoms with van der Waals surface area (Å²) in [5, 5.41) is 0. The number of rotatable bonds is 3. The number of nitrogens with one attached hydrogen (secondary N) is 1. The van der Waals surface area contributed by atoms with E-state index in [1.54, 1.807) is 39.8 Å². The van der Waals surface area contributed by atoms with Gasteiger partial charge in [0.1, 0.15) is 0 Å². The van der Waals surface area contributed by atoms with Crippen LogP contribution in [0.5, 0.6) is 0 Å². The average Bonchev–Trinajstić information content (AvgIpc) is 2.13. The van der Waals surface area contributed by atoms with E-state index in [1.165, 1.54) is 0 Å². The molecular weight excluding hydrogens is 238 g/mol. The van der Waals surface area contributed by atoms with Crippen LogP contribution < -0.4 is 4.89 Å². The van der Waals surface area contributed by atoms with Gasteiger partial charge in [-0.15, -0.1) is 0 Å². The van der Waals surface area contributed by atoms with Crippen LogP contribution >= 0.6 is 0 Å². The largest absolute Gasteiger partial charge is 0.281 e. The monoisotopic (exact) mass is 257 g/mol. The molecule has 0 aromatic heterocycles. The first-order chi connectivity index (χ1) is 7.62. The molecular formula is C12H19NO3S. The van der Waals surface area contributed by atoms with Crippen LogP contribution in [-0.4, -0.2) is 14.0 Å². The zero-order valence-corrected chi connectivity index (χ0v) is 11.7. The van der Waals surface area contributed by atoms with E-state index in [9.17, 15) is 8.42 Å². The summed E-state index contributed by atoms with van der Waals surface area (Å²) in [5.74, 6) is 0. The second kappa shape index (κ2) is 4.76. The first kappa shape index (κ1) is 14.2. The Balaban J connectivity index is 2.98. The molecule has 1 N–H and O–H groups in total. The van der Waals surface area contributed by atoms with Crippen LogP contribution in [0.3, 0.4) is 0 Å². The van der Waals surface area contributed by atoms with Crippen LogP contribution in [0.15, 0.2) is 23.1 Å². The number of hydrogen-bond acceptors (Lipinski definition) is 3. The van der Waals surface area contributed by atoms with Gasteiger partial charge < -0.3 is 0 Å². The van der Waals surface area contributed by atoms with Crippen molar-refractivity contribution in [2.24, 2.45) is 0 Å². The Hall–Kier alpha value is -0.910. The molecule has 1 aromatic carbocycles. The SMILES string of the molecule is Cc1ccc(S(=O)(=O)NOC(C)(C)C)c(C)c1. The second-order valence-electron chi connectivity index (χ2n) is 5.07. The molecule has 0 bridgehead atoms. The third-order valence-corrected chi connectivity index (χ3v) is 3.42. The minimum atomic E-state index is -3.61. The molecule has 0 aliphatic heterocycles. The van der Waals surface area contributed by atoms with E-state index >= 15 is 0 Å². The minimum Gasteiger partial charge on any atom is -0.281 e. The topological polar surface area (TPSA) is 55.4 Å². The summed E-state index contributed by atoms with van der Waals surface area (Å²) in [7, 11) is -3.61. The van der Waals surface area contributed by atoms with E-state index in [0.717, 1.165) is 5.56 Å². The zero-order valence-electron chi connectivity index (χ0n) is 10.9. The van der Waals surface area contributed by atoms with Gasteiger partial charge in [-0.25, -0.2) is 8.42 Å². The van der Waals surface area contributed by atoms with Crippen molar-refractivity contribution in [1.82, 2.24) is 4.89 Å². The van der Waals surface area contributed by atoms with Crippen molar-refractivity contribution in [2.75, 3.05) is 0 Å². The fourth-order valence-electron chi connectivity index (χ4n) is 1.33. The number of aryl methyl sites for hydroxylation is 2. The summed E-state index contributed by atoms with van der Waals surface area (Å²) in [6, 6.07) is 5.17. The number of hydrogen-bond donors (Lipinski definition) is 1. The summed E-state index contributed by atoms with van der Waals surface area (Å²) in [4.78, 5) is 7.49. The van der Waals surface area contributed by atoms with Crippen LogP contribution in [-0.2, 0) is 14.9 Å². The summed E-state index contributed by atoms with van der Waals surface area (Å²) >= 11 is 0. The van der Waals surface area contributed by atoms with Crippen molar-refractivity contribution in [3.8, 4) is 0 Å². The van der Waals surface area contributed by atoms with Gasteiger partial charge in [0.25, 0.3) is 10.0 Å². The summed E-state index contributed by atoms with van der Waals surface area (Å²) in [5.41, 5.74) is 1.17. The number of sulfonamides is 1. The molecule has 4 nitrogen and oxygen atoms in total. The molecule has 0 spiro atoms. The Morgan fingerprint density at radius 3 is 2.24 bits per heavy atom. The Morgan fingerprint density at radius 1 is 1.18 bits per heavy atom. The van der Waals surface area contributed by atoms with Gasteiger partial charge in [-0.05, 0) is 46.2 Å². The minimum absolute atomic E-state index is 0.243. The Morgan fingerprint density at radius 2 is 1.76 bits per heavy atom. The highest BCUT2D eigenvalue weighted by molar-refractivity contribution is 7.89. The van der Waals surface area contributed by atoms with Crippen LogP contribution in [0.1, 0.15) is 31.9 Å². The lowest BCUT2D eigenvalue weighted by atomic mass is 10.2. The van der Waals surface area contributed by atoms with Gasteiger partial charge in [0.15, 0.2) is 0 Å². The Bertz CT molecular complexity index is 501. The van der Waals surface area contributed by atoms with Crippen molar-refractivity contribution >= 4 is 10.0 Å². The lowest BCUT2D eigenvalue weighted by Gasteiger charge is -2.19. The molecule has 1 aromatic rings. The Labute approximate surface area is 103 Å². The highest BCUT2D eigenvalue weighted by Crippen LogP contribution is 2.17.